The van der Waals surface area contributed by atoms with Gasteiger partial charge in [0, 0.05) is 20.3 Å². The number of nitriles is 1. The van der Waals surface area contributed by atoms with Crippen molar-refractivity contribution in [3.8, 4) is 18.4 Å². The Bertz CT molecular complexity index is 318. The van der Waals surface area contributed by atoms with Crippen molar-refractivity contribution < 1.29 is 9.53 Å². The number of hydrogen-bond acceptors (Lipinski definition) is 3. The van der Waals surface area contributed by atoms with E-state index in [-0.39, 0.29) is 12.5 Å². The highest BCUT2D eigenvalue weighted by atomic mass is 16.5. The van der Waals surface area contributed by atoms with E-state index in [1.165, 1.54) is 4.90 Å². The second-order valence-corrected chi connectivity index (χ2v) is 3.67. The number of ether oxygens (including phenoxy) is 1. The smallest absolute Gasteiger partial charge is 0.243 e. The molecule has 1 heterocycles. The zero-order valence-corrected chi connectivity index (χ0v) is 8.82. The predicted octanol–water partition coefficient (Wildman–Crippen LogP) is 0.398. The molecule has 0 aromatic rings. The van der Waals surface area contributed by atoms with Crippen LogP contribution in [0.1, 0.15) is 12.8 Å². The van der Waals surface area contributed by atoms with E-state index in [4.69, 9.17) is 16.4 Å². The van der Waals surface area contributed by atoms with Gasteiger partial charge in [0.2, 0.25) is 5.91 Å². The molecule has 0 aromatic carbocycles. The fourth-order valence-electron chi connectivity index (χ4n) is 1.67. The number of terminal acetylenes is 1. The van der Waals surface area contributed by atoms with Crippen LogP contribution >= 0.6 is 0 Å². The minimum atomic E-state index is -0.927. The summed E-state index contributed by atoms with van der Waals surface area (Å²) in [7, 11) is 1.62. The van der Waals surface area contributed by atoms with E-state index in [1.54, 1.807) is 7.05 Å². The average molecular weight is 206 g/mol. The van der Waals surface area contributed by atoms with Crippen LogP contribution in [0.25, 0.3) is 0 Å². The molecular weight excluding hydrogens is 192 g/mol. The molecule has 80 valence electrons. The molecule has 0 unspecified atom stereocenters. The highest BCUT2D eigenvalue weighted by Gasteiger charge is 2.41. The van der Waals surface area contributed by atoms with Crippen molar-refractivity contribution in [2.24, 2.45) is 5.41 Å². The van der Waals surface area contributed by atoms with Crippen LogP contribution in [-0.4, -0.2) is 37.6 Å². The van der Waals surface area contributed by atoms with E-state index in [0.717, 1.165) is 0 Å². The Hall–Kier alpha value is -1.52. The number of amides is 1. The van der Waals surface area contributed by atoms with Gasteiger partial charge in [-0.05, 0) is 12.8 Å². The van der Waals surface area contributed by atoms with Crippen molar-refractivity contribution >= 4 is 5.91 Å². The minimum Gasteiger partial charge on any atom is -0.381 e. The Labute approximate surface area is 89.8 Å². The van der Waals surface area contributed by atoms with Gasteiger partial charge in [-0.2, -0.15) is 5.26 Å². The van der Waals surface area contributed by atoms with Crippen molar-refractivity contribution in [3.05, 3.63) is 0 Å². The maximum Gasteiger partial charge on any atom is 0.243 e. The molecule has 1 rings (SSSR count). The summed E-state index contributed by atoms with van der Waals surface area (Å²) >= 11 is 0. The Kier molecular flexibility index (Phi) is 3.71. The first-order valence-corrected chi connectivity index (χ1v) is 4.84. The summed E-state index contributed by atoms with van der Waals surface area (Å²) in [5.41, 5.74) is -0.927. The topological polar surface area (TPSA) is 53.3 Å². The number of nitrogens with zero attached hydrogens (tertiary/aromatic N) is 2. The lowest BCUT2D eigenvalue weighted by Gasteiger charge is -2.32. The largest absolute Gasteiger partial charge is 0.381 e. The van der Waals surface area contributed by atoms with E-state index in [9.17, 15) is 4.79 Å². The van der Waals surface area contributed by atoms with Gasteiger partial charge in [-0.1, -0.05) is 5.92 Å². The fourth-order valence-corrected chi connectivity index (χ4v) is 1.67. The van der Waals surface area contributed by atoms with E-state index in [2.05, 4.69) is 12.0 Å². The highest BCUT2D eigenvalue weighted by Crippen LogP contribution is 2.31. The van der Waals surface area contributed by atoms with Crippen LogP contribution in [0.15, 0.2) is 0 Å². The molecule has 0 N–H and O–H groups in total. The molecule has 0 aromatic heterocycles. The van der Waals surface area contributed by atoms with E-state index in [0.29, 0.717) is 26.1 Å². The Morgan fingerprint density at radius 1 is 1.60 bits per heavy atom. The summed E-state index contributed by atoms with van der Waals surface area (Å²) in [6, 6.07) is 2.12. The third-order valence-electron chi connectivity index (χ3n) is 2.64. The Morgan fingerprint density at radius 2 is 2.20 bits per heavy atom. The SMILES string of the molecule is C#CCN(C)C(=O)C1(C#N)CCOCC1. The van der Waals surface area contributed by atoms with Gasteiger partial charge in [0.1, 0.15) is 5.41 Å². The van der Waals surface area contributed by atoms with Gasteiger partial charge >= 0.3 is 0 Å². The van der Waals surface area contributed by atoms with Crippen LogP contribution in [0.4, 0.5) is 0 Å². The summed E-state index contributed by atoms with van der Waals surface area (Å²) in [6.45, 7) is 1.16. The van der Waals surface area contributed by atoms with Crippen molar-refractivity contribution in [3.63, 3.8) is 0 Å². The van der Waals surface area contributed by atoms with Gasteiger partial charge < -0.3 is 9.64 Å². The molecule has 1 fully saturated rings. The summed E-state index contributed by atoms with van der Waals surface area (Å²) in [5.74, 6) is 2.20. The van der Waals surface area contributed by atoms with Crippen molar-refractivity contribution in [1.82, 2.24) is 4.90 Å². The molecule has 0 spiro atoms. The molecule has 1 aliphatic heterocycles. The molecule has 1 aliphatic rings. The first-order chi connectivity index (χ1) is 7.16. The zero-order chi connectivity index (χ0) is 11.3. The molecule has 0 atom stereocenters. The van der Waals surface area contributed by atoms with Crippen LogP contribution < -0.4 is 0 Å². The lowest BCUT2D eigenvalue weighted by atomic mass is 9.80. The van der Waals surface area contributed by atoms with Gasteiger partial charge in [-0.25, -0.2) is 0 Å². The standard InChI is InChI=1S/C11H14N2O2/c1-3-6-13(2)10(14)11(9-12)4-7-15-8-5-11/h1H,4-8H2,2H3. The summed E-state index contributed by atoms with van der Waals surface area (Å²) < 4.78 is 5.15. The number of carbonyl (C=O) groups is 1. The van der Waals surface area contributed by atoms with E-state index >= 15 is 0 Å². The first-order valence-electron chi connectivity index (χ1n) is 4.84. The summed E-state index contributed by atoms with van der Waals surface area (Å²) in [6.07, 6.45) is 6.04. The third-order valence-corrected chi connectivity index (χ3v) is 2.64. The highest BCUT2D eigenvalue weighted by molar-refractivity contribution is 5.85. The number of rotatable bonds is 2. The molecule has 0 bridgehead atoms. The van der Waals surface area contributed by atoms with Crippen molar-refractivity contribution in [1.29, 1.82) is 5.26 Å². The zero-order valence-electron chi connectivity index (χ0n) is 8.82. The molecule has 4 nitrogen and oxygen atoms in total. The lowest BCUT2D eigenvalue weighted by molar-refractivity contribution is -0.141. The number of hydrogen-bond donors (Lipinski definition) is 0. The molecule has 4 heteroatoms. The number of carbonyl (C=O) groups excluding carboxylic acids is 1. The third kappa shape index (κ3) is 2.29. The predicted molar refractivity (Wildman–Crippen MR) is 54.6 cm³/mol. The van der Waals surface area contributed by atoms with Crippen LogP contribution in [0.2, 0.25) is 0 Å². The maximum atomic E-state index is 12.0. The fraction of sp³-hybridized carbons (Fsp3) is 0.636. The molecule has 0 radical (unpaired) electrons. The van der Waals surface area contributed by atoms with E-state index in [1.807, 2.05) is 0 Å². The van der Waals surface area contributed by atoms with Crippen LogP contribution in [0.5, 0.6) is 0 Å². The van der Waals surface area contributed by atoms with Crippen LogP contribution in [0, 0.1) is 29.1 Å². The minimum absolute atomic E-state index is 0.189. The van der Waals surface area contributed by atoms with E-state index < -0.39 is 5.41 Å². The molecule has 15 heavy (non-hydrogen) atoms. The first kappa shape index (κ1) is 11.6. The maximum absolute atomic E-state index is 12.0. The summed E-state index contributed by atoms with van der Waals surface area (Å²) in [5, 5.41) is 9.12. The second kappa shape index (κ2) is 4.82. The van der Waals surface area contributed by atoms with Crippen LogP contribution in [0.3, 0.4) is 0 Å². The van der Waals surface area contributed by atoms with Crippen molar-refractivity contribution in [2.45, 2.75) is 12.8 Å². The molecule has 0 saturated carbocycles. The molecule has 0 aliphatic carbocycles. The molecular formula is C11H14N2O2. The monoisotopic (exact) mass is 206 g/mol. The van der Waals surface area contributed by atoms with Gasteiger partial charge in [0.15, 0.2) is 0 Å². The Morgan fingerprint density at radius 3 is 2.67 bits per heavy atom. The Balaban J connectivity index is 2.78. The van der Waals surface area contributed by atoms with Crippen molar-refractivity contribution in [2.75, 3.05) is 26.8 Å². The van der Waals surface area contributed by atoms with Gasteiger partial charge in [-0.3, -0.25) is 4.79 Å². The quantitative estimate of drug-likeness (QED) is 0.614. The van der Waals surface area contributed by atoms with Gasteiger partial charge in [0.25, 0.3) is 0 Å². The molecule has 1 amide bonds. The lowest BCUT2D eigenvalue weighted by Crippen LogP contribution is -2.44. The normalized spacial score (nSPS) is 18.6. The molecule has 1 saturated heterocycles. The van der Waals surface area contributed by atoms with Gasteiger partial charge in [0.05, 0.1) is 12.6 Å². The second-order valence-electron chi connectivity index (χ2n) is 3.67. The average Bonchev–Trinajstić information content (AvgIpc) is 2.29. The van der Waals surface area contributed by atoms with Crippen LogP contribution in [-0.2, 0) is 9.53 Å². The summed E-state index contributed by atoms with van der Waals surface area (Å²) in [4.78, 5) is 13.4. The van der Waals surface area contributed by atoms with Gasteiger partial charge in [-0.15, -0.1) is 6.42 Å².